The van der Waals surface area contributed by atoms with Gasteiger partial charge in [0.2, 0.25) is 0 Å². The Morgan fingerprint density at radius 3 is 2.59 bits per heavy atom. The third-order valence-electron chi connectivity index (χ3n) is 2.84. The number of halogens is 1. The number of methoxy groups -OCH3 is 1. The van der Waals surface area contributed by atoms with Crippen LogP contribution in [0.25, 0.3) is 0 Å². The van der Waals surface area contributed by atoms with Crippen molar-refractivity contribution in [2.45, 2.75) is 11.8 Å². The van der Waals surface area contributed by atoms with Crippen molar-refractivity contribution in [3.8, 4) is 11.5 Å². The summed E-state index contributed by atoms with van der Waals surface area (Å²) in [4.78, 5) is 0.0590. The first-order chi connectivity index (χ1) is 10.5. The van der Waals surface area contributed by atoms with Gasteiger partial charge >= 0.3 is 0 Å². The molecule has 0 heterocycles. The predicted octanol–water partition coefficient (Wildman–Crippen LogP) is 3.55. The summed E-state index contributed by atoms with van der Waals surface area (Å²) in [5, 5.41) is 0.246. The van der Waals surface area contributed by atoms with E-state index in [1.807, 2.05) is 6.92 Å². The van der Waals surface area contributed by atoms with Crippen molar-refractivity contribution in [2.24, 2.45) is 0 Å². The molecule has 5 nitrogen and oxygen atoms in total. The fraction of sp³-hybridized carbons (Fsp3) is 0.200. The Bertz CT molecular complexity index is 762. The maximum absolute atomic E-state index is 12.4. The molecule has 0 unspecified atom stereocenters. The van der Waals surface area contributed by atoms with Crippen LogP contribution in [0.15, 0.2) is 47.4 Å². The zero-order chi connectivity index (χ0) is 16.2. The molecule has 0 amide bonds. The standard InChI is InChI=1S/C15H16ClNO4S/c1-3-21-15-8-7-13(10-14(15)16)22(18,19)17-11-5-4-6-12(9-11)20-2/h4-10,17H,3H2,1-2H3. The molecule has 0 aliphatic rings. The molecule has 0 radical (unpaired) electrons. The van der Waals surface area contributed by atoms with E-state index in [1.54, 1.807) is 24.3 Å². The van der Waals surface area contributed by atoms with E-state index in [1.165, 1.54) is 25.3 Å². The smallest absolute Gasteiger partial charge is 0.261 e. The number of sulfonamides is 1. The van der Waals surface area contributed by atoms with Gasteiger partial charge in [-0.15, -0.1) is 0 Å². The fourth-order valence-corrected chi connectivity index (χ4v) is 3.20. The summed E-state index contributed by atoms with van der Waals surface area (Å²) in [6.07, 6.45) is 0. The average Bonchev–Trinajstić information content (AvgIpc) is 2.49. The molecule has 0 aromatic heterocycles. The zero-order valence-corrected chi connectivity index (χ0v) is 13.7. The maximum Gasteiger partial charge on any atom is 0.261 e. The Labute approximate surface area is 134 Å². The SMILES string of the molecule is CCOc1ccc(S(=O)(=O)Nc2cccc(OC)c2)cc1Cl. The Morgan fingerprint density at radius 2 is 1.95 bits per heavy atom. The molecule has 2 aromatic carbocycles. The van der Waals surface area contributed by atoms with E-state index in [0.29, 0.717) is 23.8 Å². The monoisotopic (exact) mass is 341 g/mol. The highest BCUT2D eigenvalue weighted by atomic mass is 35.5. The van der Waals surface area contributed by atoms with Crippen molar-refractivity contribution >= 4 is 27.3 Å². The van der Waals surface area contributed by atoms with Crippen molar-refractivity contribution < 1.29 is 17.9 Å². The third-order valence-corrected chi connectivity index (χ3v) is 4.51. The lowest BCUT2D eigenvalue weighted by molar-refractivity contribution is 0.340. The van der Waals surface area contributed by atoms with E-state index in [0.717, 1.165) is 0 Å². The van der Waals surface area contributed by atoms with Gasteiger partial charge in [0.25, 0.3) is 10.0 Å². The van der Waals surface area contributed by atoms with E-state index in [2.05, 4.69) is 4.72 Å². The molecule has 0 bridgehead atoms. The summed E-state index contributed by atoms with van der Waals surface area (Å²) >= 11 is 6.03. The van der Waals surface area contributed by atoms with Gasteiger partial charge in [0.05, 0.1) is 29.3 Å². The molecule has 0 saturated carbocycles. The van der Waals surface area contributed by atoms with Crippen LogP contribution in [0.5, 0.6) is 11.5 Å². The molecule has 0 aliphatic carbocycles. The predicted molar refractivity (Wildman–Crippen MR) is 86.4 cm³/mol. The van der Waals surface area contributed by atoms with Crippen molar-refractivity contribution in [1.82, 2.24) is 0 Å². The molecule has 22 heavy (non-hydrogen) atoms. The minimum atomic E-state index is -3.74. The summed E-state index contributed by atoms with van der Waals surface area (Å²) in [5.41, 5.74) is 0.407. The maximum atomic E-state index is 12.4. The van der Waals surface area contributed by atoms with E-state index in [-0.39, 0.29) is 9.92 Å². The second-order valence-corrected chi connectivity index (χ2v) is 6.45. The first-order valence-corrected chi connectivity index (χ1v) is 8.41. The van der Waals surface area contributed by atoms with Crippen LogP contribution in [0.4, 0.5) is 5.69 Å². The van der Waals surface area contributed by atoms with Crippen LogP contribution in [0, 0.1) is 0 Å². The first-order valence-electron chi connectivity index (χ1n) is 6.55. The van der Waals surface area contributed by atoms with E-state index in [4.69, 9.17) is 21.1 Å². The Morgan fingerprint density at radius 1 is 1.18 bits per heavy atom. The van der Waals surface area contributed by atoms with Crippen molar-refractivity contribution in [3.05, 3.63) is 47.5 Å². The number of anilines is 1. The highest BCUT2D eigenvalue weighted by Crippen LogP contribution is 2.28. The molecule has 118 valence electrons. The number of hydrogen-bond donors (Lipinski definition) is 1. The topological polar surface area (TPSA) is 64.6 Å². The van der Waals surface area contributed by atoms with E-state index < -0.39 is 10.0 Å². The van der Waals surface area contributed by atoms with Crippen molar-refractivity contribution in [2.75, 3.05) is 18.4 Å². The highest BCUT2D eigenvalue weighted by molar-refractivity contribution is 7.92. The summed E-state index contributed by atoms with van der Waals surface area (Å²) in [6.45, 7) is 2.28. The Hall–Kier alpha value is -1.92. The lowest BCUT2D eigenvalue weighted by atomic mass is 10.3. The fourth-order valence-electron chi connectivity index (χ4n) is 1.82. The molecule has 2 rings (SSSR count). The van der Waals surface area contributed by atoms with Gasteiger partial charge in [0.1, 0.15) is 11.5 Å². The number of ether oxygens (including phenoxy) is 2. The summed E-state index contributed by atoms with van der Waals surface area (Å²) in [6, 6.07) is 11.0. The molecular weight excluding hydrogens is 326 g/mol. The van der Waals surface area contributed by atoms with Gasteiger partial charge in [-0.25, -0.2) is 8.42 Å². The number of rotatable bonds is 6. The van der Waals surface area contributed by atoms with Crippen LogP contribution in [0.1, 0.15) is 6.92 Å². The summed E-state index contributed by atoms with van der Waals surface area (Å²) in [5.74, 6) is 1.01. The normalized spacial score (nSPS) is 11.0. The van der Waals surface area contributed by atoms with Gasteiger partial charge < -0.3 is 9.47 Å². The summed E-state index contributed by atoms with van der Waals surface area (Å²) < 4.78 is 37.6. The first kappa shape index (κ1) is 16.5. The van der Waals surface area contributed by atoms with Crippen LogP contribution < -0.4 is 14.2 Å². The van der Waals surface area contributed by atoms with Crippen LogP contribution in [0.2, 0.25) is 5.02 Å². The second-order valence-electron chi connectivity index (χ2n) is 4.36. The molecule has 2 aromatic rings. The Kier molecular flexibility index (Phi) is 5.15. The zero-order valence-electron chi connectivity index (χ0n) is 12.2. The molecule has 0 atom stereocenters. The minimum Gasteiger partial charge on any atom is -0.497 e. The molecule has 0 aliphatic heterocycles. The lowest BCUT2D eigenvalue weighted by Gasteiger charge is -2.11. The number of nitrogens with one attached hydrogen (secondary N) is 1. The van der Waals surface area contributed by atoms with Gasteiger partial charge in [-0.1, -0.05) is 17.7 Å². The third kappa shape index (κ3) is 3.84. The molecular formula is C15H16ClNO4S. The van der Waals surface area contributed by atoms with Crippen LogP contribution in [-0.2, 0) is 10.0 Å². The van der Waals surface area contributed by atoms with Crippen LogP contribution >= 0.6 is 11.6 Å². The van der Waals surface area contributed by atoms with Gasteiger partial charge in [-0.2, -0.15) is 0 Å². The minimum absolute atomic E-state index is 0.0590. The molecule has 0 spiro atoms. The van der Waals surface area contributed by atoms with Gasteiger partial charge in [-0.3, -0.25) is 4.72 Å². The average molecular weight is 342 g/mol. The highest BCUT2D eigenvalue weighted by Gasteiger charge is 2.16. The second kappa shape index (κ2) is 6.89. The molecule has 7 heteroatoms. The lowest BCUT2D eigenvalue weighted by Crippen LogP contribution is -2.13. The van der Waals surface area contributed by atoms with E-state index in [9.17, 15) is 8.42 Å². The number of benzene rings is 2. The summed E-state index contributed by atoms with van der Waals surface area (Å²) in [7, 11) is -2.22. The van der Waals surface area contributed by atoms with Crippen molar-refractivity contribution in [1.29, 1.82) is 0 Å². The molecule has 0 saturated heterocycles. The Balaban J connectivity index is 2.28. The van der Waals surface area contributed by atoms with Crippen molar-refractivity contribution in [3.63, 3.8) is 0 Å². The molecule has 0 fully saturated rings. The number of hydrogen-bond acceptors (Lipinski definition) is 4. The van der Waals surface area contributed by atoms with Crippen LogP contribution in [-0.4, -0.2) is 22.1 Å². The van der Waals surface area contributed by atoms with Gasteiger partial charge in [0.15, 0.2) is 0 Å². The van der Waals surface area contributed by atoms with Crippen LogP contribution in [0.3, 0.4) is 0 Å². The quantitative estimate of drug-likeness (QED) is 0.872. The largest absolute Gasteiger partial charge is 0.497 e. The van der Waals surface area contributed by atoms with E-state index >= 15 is 0 Å². The van der Waals surface area contributed by atoms with Gasteiger partial charge in [0, 0.05) is 6.07 Å². The molecule has 1 N–H and O–H groups in total. The van der Waals surface area contributed by atoms with Gasteiger partial charge in [-0.05, 0) is 37.3 Å².